The first-order valence-corrected chi connectivity index (χ1v) is 6.37. The minimum atomic E-state index is -0.665. The normalized spacial score (nSPS) is 28.2. The molecule has 1 fully saturated rings. The van der Waals surface area contributed by atoms with Crippen LogP contribution in [-0.4, -0.2) is 11.1 Å². The van der Waals surface area contributed by atoms with Gasteiger partial charge in [-0.2, -0.15) is 0 Å². The summed E-state index contributed by atoms with van der Waals surface area (Å²) in [5.74, 6) is -0.160. The summed E-state index contributed by atoms with van der Waals surface area (Å²) in [7, 11) is 0. The maximum Gasteiger partial charge on any atom is 0.309 e. The van der Waals surface area contributed by atoms with E-state index in [9.17, 15) is 9.90 Å². The summed E-state index contributed by atoms with van der Waals surface area (Å²) in [6, 6.07) is 7.52. The highest BCUT2D eigenvalue weighted by Crippen LogP contribution is 2.44. The van der Waals surface area contributed by atoms with Crippen LogP contribution >= 0.6 is 11.6 Å². The summed E-state index contributed by atoms with van der Waals surface area (Å²) in [4.78, 5) is 11.5. The molecule has 0 bridgehead atoms. The van der Waals surface area contributed by atoms with E-state index in [1.165, 1.54) is 0 Å². The predicted octanol–water partition coefficient (Wildman–Crippen LogP) is 3.77. The monoisotopic (exact) mass is 252 g/mol. The van der Waals surface area contributed by atoms with Crippen LogP contribution in [0.2, 0.25) is 5.02 Å². The van der Waals surface area contributed by atoms with E-state index in [4.69, 9.17) is 11.6 Å². The summed E-state index contributed by atoms with van der Waals surface area (Å²) in [5.41, 5.74) is 0.443. The second-order valence-electron chi connectivity index (χ2n) is 5.24. The molecule has 1 aromatic carbocycles. The third kappa shape index (κ3) is 2.63. The maximum atomic E-state index is 11.5. The Morgan fingerprint density at radius 1 is 1.59 bits per heavy atom. The Morgan fingerprint density at radius 2 is 2.35 bits per heavy atom. The summed E-state index contributed by atoms with van der Waals surface area (Å²) < 4.78 is 0. The first-order valence-electron chi connectivity index (χ1n) is 6.00. The van der Waals surface area contributed by atoms with Crippen LogP contribution in [0.1, 0.15) is 31.7 Å². The van der Waals surface area contributed by atoms with Crippen LogP contribution in [0.4, 0.5) is 0 Å². The van der Waals surface area contributed by atoms with E-state index >= 15 is 0 Å². The molecule has 0 radical (unpaired) electrons. The van der Waals surface area contributed by atoms with Crippen molar-refractivity contribution in [2.75, 3.05) is 0 Å². The van der Waals surface area contributed by atoms with Crippen molar-refractivity contribution in [3.63, 3.8) is 0 Å². The molecule has 2 nitrogen and oxygen atoms in total. The molecule has 1 saturated carbocycles. The first-order chi connectivity index (χ1) is 8.02. The summed E-state index contributed by atoms with van der Waals surface area (Å²) in [6.07, 6.45) is 3.14. The van der Waals surface area contributed by atoms with Crippen LogP contribution in [0.25, 0.3) is 0 Å². The van der Waals surface area contributed by atoms with Crippen molar-refractivity contribution in [1.29, 1.82) is 0 Å². The molecule has 0 amide bonds. The van der Waals surface area contributed by atoms with Gasteiger partial charge < -0.3 is 5.11 Å². The number of carboxylic acids is 1. The quantitative estimate of drug-likeness (QED) is 0.889. The molecular weight excluding hydrogens is 236 g/mol. The molecule has 0 spiro atoms. The Kier molecular flexibility index (Phi) is 3.43. The Hall–Kier alpha value is -1.02. The van der Waals surface area contributed by atoms with E-state index in [0.29, 0.717) is 17.4 Å². The molecule has 1 N–H and O–H groups in total. The predicted molar refractivity (Wildman–Crippen MR) is 68.2 cm³/mol. The zero-order valence-electron chi connectivity index (χ0n) is 9.95. The van der Waals surface area contributed by atoms with Gasteiger partial charge in [0.2, 0.25) is 0 Å². The van der Waals surface area contributed by atoms with Crippen LogP contribution in [0.3, 0.4) is 0 Å². The molecule has 2 atom stereocenters. The Bertz CT molecular complexity index is 430. The van der Waals surface area contributed by atoms with Crippen molar-refractivity contribution in [3.05, 3.63) is 34.9 Å². The SMILES string of the molecule is CC1CCC(Cc2cccc(Cl)c2)(C(=O)O)C1. The summed E-state index contributed by atoms with van der Waals surface area (Å²) >= 11 is 5.94. The Labute approximate surface area is 107 Å². The Morgan fingerprint density at radius 3 is 2.88 bits per heavy atom. The number of carbonyl (C=O) groups is 1. The number of carboxylic acid groups (broad SMARTS) is 1. The van der Waals surface area contributed by atoms with Gasteiger partial charge in [-0.3, -0.25) is 4.79 Å². The van der Waals surface area contributed by atoms with E-state index in [1.807, 2.05) is 24.3 Å². The third-order valence-corrected chi connectivity index (χ3v) is 3.98. The van der Waals surface area contributed by atoms with Crippen molar-refractivity contribution in [2.24, 2.45) is 11.3 Å². The zero-order valence-corrected chi connectivity index (χ0v) is 10.7. The van der Waals surface area contributed by atoms with E-state index in [1.54, 1.807) is 0 Å². The average Bonchev–Trinajstić information content (AvgIpc) is 2.61. The fourth-order valence-corrected chi connectivity index (χ4v) is 3.07. The second-order valence-corrected chi connectivity index (χ2v) is 5.68. The van der Waals surface area contributed by atoms with Crippen molar-refractivity contribution in [3.8, 4) is 0 Å². The largest absolute Gasteiger partial charge is 0.481 e. The second kappa shape index (κ2) is 4.69. The van der Waals surface area contributed by atoms with E-state index < -0.39 is 11.4 Å². The van der Waals surface area contributed by atoms with Gasteiger partial charge >= 0.3 is 5.97 Å². The highest BCUT2D eigenvalue weighted by atomic mass is 35.5. The van der Waals surface area contributed by atoms with E-state index in [-0.39, 0.29) is 0 Å². The lowest BCUT2D eigenvalue weighted by Gasteiger charge is -2.24. The van der Waals surface area contributed by atoms with Gasteiger partial charge in [-0.1, -0.05) is 30.7 Å². The molecule has 0 heterocycles. The van der Waals surface area contributed by atoms with Crippen molar-refractivity contribution < 1.29 is 9.90 Å². The highest BCUT2D eigenvalue weighted by molar-refractivity contribution is 6.30. The van der Waals surface area contributed by atoms with Crippen LogP contribution in [0.5, 0.6) is 0 Å². The van der Waals surface area contributed by atoms with Gasteiger partial charge in [0.25, 0.3) is 0 Å². The molecular formula is C14H17ClO2. The number of aliphatic carboxylic acids is 1. The number of benzene rings is 1. The van der Waals surface area contributed by atoms with Gasteiger partial charge in [0.15, 0.2) is 0 Å². The number of hydrogen-bond donors (Lipinski definition) is 1. The van der Waals surface area contributed by atoms with Gasteiger partial charge in [-0.15, -0.1) is 0 Å². The zero-order chi connectivity index (χ0) is 12.5. The lowest BCUT2D eigenvalue weighted by molar-refractivity contribution is -0.148. The minimum Gasteiger partial charge on any atom is -0.481 e. The molecule has 92 valence electrons. The molecule has 0 aromatic heterocycles. The molecule has 0 saturated heterocycles. The van der Waals surface area contributed by atoms with E-state index in [0.717, 1.165) is 24.8 Å². The van der Waals surface area contributed by atoms with Gasteiger partial charge in [0.05, 0.1) is 5.41 Å². The lowest BCUT2D eigenvalue weighted by atomic mass is 9.79. The third-order valence-electron chi connectivity index (χ3n) is 3.74. The number of halogens is 1. The van der Waals surface area contributed by atoms with Gasteiger partial charge in [0.1, 0.15) is 0 Å². The summed E-state index contributed by atoms with van der Waals surface area (Å²) in [5, 5.41) is 10.2. The molecule has 0 aliphatic heterocycles. The van der Waals surface area contributed by atoms with Gasteiger partial charge in [0, 0.05) is 5.02 Å². The number of hydrogen-bond acceptors (Lipinski definition) is 1. The first kappa shape index (κ1) is 12.4. The smallest absolute Gasteiger partial charge is 0.309 e. The standard InChI is InChI=1S/C14H17ClO2/c1-10-5-6-14(8-10,13(16)17)9-11-3-2-4-12(15)7-11/h2-4,7,10H,5-6,8-9H2,1H3,(H,16,17). The molecule has 2 rings (SSSR count). The molecule has 2 unspecified atom stereocenters. The molecule has 17 heavy (non-hydrogen) atoms. The van der Waals surface area contributed by atoms with Crippen molar-refractivity contribution in [2.45, 2.75) is 32.6 Å². The topological polar surface area (TPSA) is 37.3 Å². The fraction of sp³-hybridized carbons (Fsp3) is 0.500. The maximum absolute atomic E-state index is 11.5. The number of rotatable bonds is 3. The highest BCUT2D eigenvalue weighted by Gasteiger charge is 2.43. The molecule has 1 aliphatic rings. The van der Waals surface area contributed by atoms with Crippen LogP contribution in [0.15, 0.2) is 24.3 Å². The van der Waals surface area contributed by atoms with E-state index in [2.05, 4.69) is 6.92 Å². The lowest BCUT2D eigenvalue weighted by Crippen LogP contribution is -2.30. The summed E-state index contributed by atoms with van der Waals surface area (Å²) in [6.45, 7) is 2.13. The van der Waals surface area contributed by atoms with Crippen LogP contribution in [-0.2, 0) is 11.2 Å². The Balaban J connectivity index is 2.22. The molecule has 3 heteroatoms. The van der Waals surface area contributed by atoms with Crippen LogP contribution < -0.4 is 0 Å². The van der Waals surface area contributed by atoms with Gasteiger partial charge in [-0.05, 0) is 49.3 Å². The average molecular weight is 253 g/mol. The van der Waals surface area contributed by atoms with Crippen molar-refractivity contribution >= 4 is 17.6 Å². The minimum absolute atomic E-state index is 0.505. The van der Waals surface area contributed by atoms with Crippen LogP contribution in [0, 0.1) is 11.3 Å². The molecule has 1 aliphatic carbocycles. The van der Waals surface area contributed by atoms with Crippen molar-refractivity contribution in [1.82, 2.24) is 0 Å². The fourth-order valence-electron chi connectivity index (χ4n) is 2.86. The van der Waals surface area contributed by atoms with Gasteiger partial charge in [-0.25, -0.2) is 0 Å². The molecule has 1 aromatic rings.